The number of hydrogen-bond donors (Lipinski definition) is 1. The van der Waals surface area contributed by atoms with Crippen molar-refractivity contribution in [3.8, 4) is 11.5 Å². The van der Waals surface area contributed by atoms with E-state index in [0.717, 1.165) is 18.4 Å². The Labute approximate surface area is 99.2 Å². The maximum atomic E-state index is 11.6. The SMILES string of the molecule is O=C1CCCC1C(O)c1ccc2c(c1)OCO2. The monoisotopic (exact) mass is 234 g/mol. The number of carbonyl (C=O) groups excluding carboxylic acids is 1. The van der Waals surface area contributed by atoms with Crippen LogP contribution >= 0.6 is 0 Å². The molecule has 0 bridgehead atoms. The zero-order valence-corrected chi connectivity index (χ0v) is 9.39. The van der Waals surface area contributed by atoms with E-state index in [4.69, 9.17) is 9.47 Å². The lowest BCUT2D eigenvalue weighted by Crippen LogP contribution is -2.16. The van der Waals surface area contributed by atoms with Gasteiger partial charge in [-0.25, -0.2) is 0 Å². The molecule has 17 heavy (non-hydrogen) atoms. The Hall–Kier alpha value is -1.55. The lowest BCUT2D eigenvalue weighted by molar-refractivity contribution is -0.123. The Morgan fingerprint density at radius 2 is 2.12 bits per heavy atom. The first-order valence-electron chi connectivity index (χ1n) is 5.86. The van der Waals surface area contributed by atoms with Crippen LogP contribution in [0.2, 0.25) is 0 Å². The normalized spacial score (nSPS) is 24.1. The number of carbonyl (C=O) groups is 1. The van der Waals surface area contributed by atoms with Gasteiger partial charge in [0.2, 0.25) is 6.79 Å². The van der Waals surface area contributed by atoms with Crippen LogP contribution in [0.15, 0.2) is 18.2 Å². The summed E-state index contributed by atoms with van der Waals surface area (Å²) in [4.78, 5) is 11.6. The molecule has 2 unspecified atom stereocenters. The lowest BCUT2D eigenvalue weighted by atomic mass is 9.93. The van der Waals surface area contributed by atoms with Gasteiger partial charge in [-0.05, 0) is 30.5 Å². The first-order valence-corrected chi connectivity index (χ1v) is 5.86. The van der Waals surface area contributed by atoms with Crippen LogP contribution in [0.5, 0.6) is 11.5 Å². The summed E-state index contributed by atoms with van der Waals surface area (Å²) in [5.74, 6) is 1.25. The molecule has 1 aliphatic heterocycles. The molecule has 0 aromatic heterocycles. The topological polar surface area (TPSA) is 55.8 Å². The Kier molecular flexibility index (Phi) is 2.52. The van der Waals surface area contributed by atoms with Gasteiger partial charge >= 0.3 is 0 Å². The van der Waals surface area contributed by atoms with Crippen LogP contribution in [-0.4, -0.2) is 17.7 Å². The average Bonchev–Trinajstić information content (AvgIpc) is 2.95. The van der Waals surface area contributed by atoms with E-state index in [1.165, 1.54) is 0 Å². The molecule has 0 amide bonds. The van der Waals surface area contributed by atoms with Crippen LogP contribution in [0, 0.1) is 5.92 Å². The van der Waals surface area contributed by atoms with Gasteiger partial charge in [-0.3, -0.25) is 4.79 Å². The first kappa shape index (κ1) is 10.6. The van der Waals surface area contributed by atoms with Crippen LogP contribution in [0.1, 0.15) is 30.9 Å². The van der Waals surface area contributed by atoms with Crippen molar-refractivity contribution in [1.82, 2.24) is 0 Å². The molecule has 3 rings (SSSR count). The molecule has 0 spiro atoms. The van der Waals surface area contributed by atoms with Gasteiger partial charge in [-0.1, -0.05) is 6.07 Å². The van der Waals surface area contributed by atoms with Crippen molar-refractivity contribution in [2.75, 3.05) is 6.79 Å². The molecule has 4 nitrogen and oxygen atoms in total. The van der Waals surface area contributed by atoms with Crippen molar-refractivity contribution in [1.29, 1.82) is 0 Å². The van der Waals surface area contributed by atoms with Gasteiger partial charge in [0, 0.05) is 12.3 Å². The highest BCUT2D eigenvalue weighted by atomic mass is 16.7. The third kappa shape index (κ3) is 1.78. The Bertz CT molecular complexity index is 455. The van der Waals surface area contributed by atoms with Crippen molar-refractivity contribution in [3.63, 3.8) is 0 Å². The highest BCUT2D eigenvalue weighted by Crippen LogP contribution is 2.38. The number of aliphatic hydroxyl groups is 1. The van der Waals surface area contributed by atoms with E-state index in [-0.39, 0.29) is 18.5 Å². The molecule has 0 radical (unpaired) electrons. The summed E-state index contributed by atoms with van der Waals surface area (Å²) in [7, 11) is 0. The van der Waals surface area contributed by atoms with Crippen molar-refractivity contribution in [2.45, 2.75) is 25.4 Å². The second-order valence-electron chi connectivity index (χ2n) is 4.52. The molecule has 1 heterocycles. The standard InChI is InChI=1S/C13H14O4/c14-10-3-1-2-9(10)13(15)8-4-5-11-12(6-8)17-7-16-11/h4-6,9,13,15H,1-3,7H2. The molecule has 0 saturated heterocycles. The summed E-state index contributed by atoms with van der Waals surface area (Å²) in [6, 6.07) is 5.34. The number of ketones is 1. The molecule has 2 atom stereocenters. The molecular weight excluding hydrogens is 220 g/mol. The predicted octanol–water partition coefficient (Wildman–Crippen LogP) is 1.82. The lowest BCUT2D eigenvalue weighted by Gasteiger charge is -2.17. The fourth-order valence-electron chi connectivity index (χ4n) is 2.51. The molecule has 1 aromatic rings. The molecule has 1 fully saturated rings. The van der Waals surface area contributed by atoms with Crippen molar-refractivity contribution in [2.24, 2.45) is 5.92 Å². The number of rotatable bonds is 2. The zero-order chi connectivity index (χ0) is 11.8. The maximum absolute atomic E-state index is 11.6. The first-order chi connectivity index (χ1) is 8.25. The highest BCUT2D eigenvalue weighted by molar-refractivity contribution is 5.83. The second-order valence-corrected chi connectivity index (χ2v) is 4.52. The number of Topliss-reactive ketones (excluding diaryl/α,β-unsaturated/α-hetero) is 1. The van der Waals surface area contributed by atoms with E-state index in [1.807, 2.05) is 0 Å². The molecule has 1 aliphatic carbocycles. The summed E-state index contributed by atoms with van der Waals surface area (Å²) in [5.41, 5.74) is 0.731. The summed E-state index contributed by atoms with van der Waals surface area (Å²) < 4.78 is 10.5. The van der Waals surface area contributed by atoms with Crippen LogP contribution < -0.4 is 9.47 Å². The number of hydrogen-bond acceptors (Lipinski definition) is 4. The third-order valence-corrected chi connectivity index (χ3v) is 3.47. The number of ether oxygens (including phenoxy) is 2. The van der Waals surface area contributed by atoms with Crippen molar-refractivity contribution in [3.05, 3.63) is 23.8 Å². The maximum Gasteiger partial charge on any atom is 0.231 e. The minimum atomic E-state index is -0.723. The molecular formula is C13H14O4. The van der Waals surface area contributed by atoms with E-state index in [2.05, 4.69) is 0 Å². The van der Waals surface area contributed by atoms with E-state index < -0.39 is 6.10 Å². The molecule has 4 heteroatoms. The van der Waals surface area contributed by atoms with Gasteiger partial charge < -0.3 is 14.6 Å². The minimum absolute atomic E-state index is 0.162. The molecule has 1 saturated carbocycles. The van der Waals surface area contributed by atoms with Crippen molar-refractivity contribution < 1.29 is 19.4 Å². The van der Waals surface area contributed by atoms with Crippen LogP contribution in [0.25, 0.3) is 0 Å². The molecule has 2 aliphatic rings. The van der Waals surface area contributed by atoms with Gasteiger partial charge in [-0.2, -0.15) is 0 Å². The Balaban J connectivity index is 1.86. The Morgan fingerprint density at radius 1 is 1.29 bits per heavy atom. The largest absolute Gasteiger partial charge is 0.454 e. The molecule has 90 valence electrons. The molecule has 1 N–H and O–H groups in total. The fraction of sp³-hybridized carbons (Fsp3) is 0.462. The fourth-order valence-corrected chi connectivity index (χ4v) is 2.51. The van der Waals surface area contributed by atoms with E-state index in [1.54, 1.807) is 18.2 Å². The summed E-state index contributed by atoms with van der Waals surface area (Å²) in [5, 5.41) is 10.2. The quantitative estimate of drug-likeness (QED) is 0.848. The number of aliphatic hydroxyl groups excluding tert-OH is 1. The summed E-state index contributed by atoms with van der Waals surface area (Å²) in [6.07, 6.45) is 1.52. The second kappa shape index (κ2) is 4.04. The molecule has 1 aromatic carbocycles. The van der Waals surface area contributed by atoms with Crippen LogP contribution in [0.4, 0.5) is 0 Å². The van der Waals surface area contributed by atoms with E-state index in [9.17, 15) is 9.90 Å². The summed E-state index contributed by atoms with van der Waals surface area (Å²) >= 11 is 0. The minimum Gasteiger partial charge on any atom is -0.454 e. The zero-order valence-electron chi connectivity index (χ0n) is 9.39. The van der Waals surface area contributed by atoms with Crippen LogP contribution in [-0.2, 0) is 4.79 Å². The van der Waals surface area contributed by atoms with Crippen LogP contribution in [0.3, 0.4) is 0 Å². The van der Waals surface area contributed by atoms with Gasteiger partial charge in [-0.15, -0.1) is 0 Å². The summed E-state index contributed by atoms with van der Waals surface area (Å²) in [6.45, 7) is 0.219. The predicted molar refractivity (Wildman–Crippen MR) is 59.9 cm³/mol. The van der Waals surface area contributed by atoms with Gasteiger partial charge in [0.25, 0.3) is 0 Å². The van der Waals surface area contributed by atoms with E-state index >= 15 is 0 Å². The number of benzene rings is 1. The van der Waals surface area contributed by atoms with Gasteiger partial charge in [0.1, 0.15) is 5.78 Å². The van der Waals surface area contributed by atoms with Gasteiger partial charge in [0.15, 0.2) is 11.5 Å². The third-order valence-electron chi connectivity index (χ3n) is 3.47. The smallest absolute Gasteiger partial charge is 0.231 e. The Morgan fingerprint density at radius 3 is 2.88 bits per heavy atom. The average molecular weight is 234 g/mol. The van der Waals surface area contributed by atoms with E-state index in [0.29, 0.717) is 17.9 Å². The van der Waals surface area contributed by atoms with Crippen molar-refractivity contribution >= 4 is 5.78 Å². The number of fused-ring (bicyclic) bond motifs is 1. The highest BCUT2D eigenvalue weighted by Gasteiger charge is 2.32. The van der Waals surface area contributed by atoms with Gasteiger partial charge in [0.05, 0.1) is 6.10 Å².